The van der Waals surface area contributed by atoms with E-state index in [4.69, 9.17) is 9.72 Å². The first-order valence-electron chi connectivity index (χ1n) is 14.9. The van der Waals surface area contributed by atoms with Crippen LogP contribution in [0.25, 0.3) is 21.9 Å². The molecule has 1 fully saturated rings. The number of likely N-dealkylation sites (N-methyl/N-ethyl adjacent to an activating group) is 1. The highest BCUT2D eigenvalue weighted by atomic mass is 19.1. The fourth-order valence-electron chi connectivity index (χ4n) is 6.06. The van der Waals surface area contributed by atoms with Crippen molar-refractivity contribution in [3.8, 4) is 17.7 Å². The molecule has 0 saturated carbocycles. The van der Waals surface area contributed by atoms with Crippen molar-refractivity contribution in [2.45, 2.75) is 25.8 Å². The maximum absolute atomic E-state index is 15.0. The predicted molar refractivity (Wildman–Crippen MR) is 167 cm³/mol. The Bertz CT molecular complexity index is 1960. The van der Waals surface area contributed by atoms with E-state index in [9.17, 15) is 14.4 Å². The van der Waals surface area contributed by atoms with Gasteiger partial charge < -0.3 is 29.7 Å². The van der Waals surface area contributed by atoms with E-state index in [1.165, 1.54) is 12.4 Å². The van der Waals surface area contributed by atoms with E-state index in [0.29, 0.717) is 58.0 Å². The molecule has 2 amide bonds. The van der Waals surface area contributed by atoms with Gasteiger partial charge in [0, 0.05) is 50.6 Å². The number of aromatic amines is 1. The van der Waals surface area contributed by atoms with Crippen LogP contribution in [0.4, 0.5) is 20.6 Å². The Morgan fingerprint density at radius 2 is 1.96 bits per heavy atom. The molecule has 1 saturated heterocycles. The summed E-state index contributed by atoms with van der Waals surface area (Å²) in [5.74, 6) is 0.396. The van der Waals surface area contributed by atoms with Crippen LogP contribution in [0.15, 0.2) is 49.1 Å². The number of amides is 2. The van der Waals surface area contributed by atoms with Gasteiger partial charge in [-0.1, -0.05) is 6.92 Å². The number of rotatable bonds is 5. The van der Waals surface area contributed by atoms with Gasteiger partial charge in [-0.2, -0.15) is 5.26 Å². The highest BCUT2D eigenvalue weighted by molar-refractivity contribution is 5.96. The third-order valence-corrected chi connectivity index (χ3v) is 8.54. The highest BCUT2D eigenvalue weighted by Crippen LogP contribution is 2.34. The zero-order valence-electron chi connectivity index (χ0n) is 24.9. The van der Waals surface area contributed by atoms with Crippen LogP contribution in [0, 0.1) is 17.1 Å². The summed E-state index contributed by atoms with van der Waals surface area (Å²) >= 11 is 0. The third-order valence-electron chi connectivity index (χ3n) is 8.54. The molecule has 1 atom stereocenters. The van der Waals surface area contributed by atoms with E-state index in [2.05, 4.69) is 55.1 Å². The number of pyridine rings is 2. The second kappa shape index (κ2) is 11.6. The van der Waals surface area contributed by atoms with Gasteiger partial charge in [0.05, 0.1) is 40.4 Å². The zero-order valence-corrected chi connectivity index (χ0v) is 24.9. The van der Waals surface area contributed by atoms with Crippen molar-refractivity contribution in [3.05, 3.63) is 71.8 Å². The molecule has 0 radical (unpaired) electrons. The van der Waals surface area contributed by atoms with E-state index in [-0.39, 0.29) is 17.8 Å². The minimum absolute atomic E-state index is 0.0282. The number of carbonyl (C=O) groups is 1. The molecule has 6 heterocycles. The molecular weight excluding hydrogens is 575 g/mol. The number of halogens is 1. The fourth-order valence-corrected chi connectivity index (χ4v) is 6.06. The Balaban J connectivity index is 1.11. The Morgan fingerprint density at radius 1 is 1.11 bits per heavy atom. The van der Waals surface area contributed by atoms with Crippen LogP contribution in [0.5, 0.6) is 11.6 Å². The molecule has 2 aliphatic rings. The summed E-state index contributed by atoms with van der Waals surface area (Å²) in [6.07, 6.45) is 5.38. The quantitative estimate of drug-likeness (QED) is 0.283. The molecule has 7 rings (SSSR count). The topological polar surface area (TPSA) is 139 Å². The number of hydrogen-bond donors (Lipinski definition) is 2. The maximum Gasteiger partial charge on any atom is 0.322 e. The van der Waals surface area contributed by atoms with Crippen LogP contribution >= 0.6 is 0 Å². The maximum atomic E-state index is 15.0. The minimum atomic E-state index is -0.382. The van der Waals surface area contributed by atoms with E-state index in [1.807, 2.05) is 6.07 Å². The van der Waals surface area contributed by atoms with Crippen LogP contribution in [0.2, 0.25) is 0 Å². The molecule has 1 aromatic carbocycles. The summed E-state index contributed by atoms with van der Waals surface area (Å²) in [4.78, 5) is 40.4. The van der Waals surface area contributed by atoms with E-state index in [1.54, 1.807) is 35.5 Å². The SMILES string of the molecule is CCC1CN(C(=O)Nc2cnc3c(N4CCN(C)CC4)ccc(F)c3c2)Cc2cc(Oc3ncnc4[nH]c(C#N)cc34)cnc21. The van der Waals surface area contributed by atoms with Crippen LogP contribution in [0.3, 0.4) is 0 Å². The number of H-pyrrole nitrogens is 1. The normalized spacial score (nSPS) is 16.9. The van der Waals surface area contributed by atoms with Gasteiger partial charge in [-0.3, -0.25) is 9.97 Å². The Hall–Kier alpha value is -5.35. The van der Waals surface area contributed by atoms with Crippen molar-refractivity contribution in [1.82, 2.24) is 34.7 Å². The van der Waals surface area contributed by atoms with Crippen LogP contribution < -0.4 is 15.0 Å². The second-order valence-electron chi connectivity index (χ2n) is 11.4. The lowest BCUT2D eigenvalue weighted by Gasteiger charge is -2.34. The van der Waals surface area contributed by atoms with Gasteiger partial charge in [0.1, 0.15) is 35.3 Å². The Labute approximate surface area is 258 Å². The van der Waals surface area contributed by atoms with Gasteiger partial charge in [-0.25, -0.2) is 19.2 Å². The molecule has 13 heteroatoms. The van der Waals surface area contributed by atoms with E-state index in [0.717, 1.165) is 49.5 Å². The molecule has 5 aromatic rings. The number of nitrogens with one attached hydrogen (secondary N) is 2. The van der Waals surface area contributed by atoms with Gasteiger partial charge >= 0.3 is 6.03 Å². The molecule has 2 aliphatic heterocycles. The predicted octanol–water partition coefficient (Wildman–Crippen LogP) is 5.00. The van der Waals surface area contributed by atoms with Crippen molar-refractivity contribution < 1.29 is 13.9 Å². The van der Waals surface area contributed by atoms with Crippen LogP contribution in [0.1, 0.15) is 36.2 Å². The first-order chi connectivity index (χ1) is 21.9. The zero-order chi connectivity index (χ0) is 31.1. The summed E-state index contributed by atoms with van der Waals surface area (Å²) in [6.45, 7) is 6.39. The first kappa shape index (κ1) is 28.4. The molecule has 0 spiro atoms. The summed E-state index contributed by atoms with van der Waals surface area (Å²) in [7, 11) is 2.09. The van der Waals surface area contributed by atoms with Gasteiger partial charge in [-0.15, -0.1) is 0 Å². The average Bonchev–Trinajstić information content (AvgIpc) is 3.50. The standard InChI is InChI=1S/C32H31FN10O2/c1-3-19-16-43(17-20-10-23(15-36-28(19)20)45-31-25-11-21(13-34)39-30(25)37-18-38-31)32(44)40-22-12-24-26(33)4-5-27(29(24)35-14-22)42-8-6-41(2)7-9-42/h4-5,10-12,14-15,18-19H,3,6-9,16-17H2,1-2H3,(H,40,44)(H,37,38,39). The molecule has 2 N–H and O–H groups in total. The largest absolute Gasteiger partial charge is 0.437 e. The first-order valence-corrected chi connectivity index (χ1v) is 14.9. The van der Waals surface area contributed by atoms with E-state index >= 15 is 0 Å². The van der Waals surface area contributed by atoms with Gasteiger partial charge in [-0.05, 0) is 49.4 Å². The Kier molecular flexibility index (Phi) is 7.34. The number of carbonyl (C=O) groups excluding carboxylic acids is 1. The van der Waals surface area contributed by atoms with Crippen LogP contribution in [-0.4, -0.2) is 80.5 Å². The number of aromatic nitrogens is 5. The number of benzene rings is 1. The molecule has 0 bridgehead atoms. The fraction of sp³-hybridized carbons (Fsp3) is 0.312. The average molecular weight is 607 g/mol. The highest BCUT2D eigenvalue weighted by Gasteiger charge is 2.29. The summed E-state index contributed by atoms with van der Waals surface area (Å²) in [6, 6.07) is 10.2. The lowest BCUT2D eigenvalue weighted by Crippen LogP contribution is -2.44. The van der Waals surface area contributed by atoms with Crippen LogP contribution in [-0.2, 0) is 6.54 Å². The number of nitriles is 1. The summed E-state index contributed by atoms with van der Waals surface area (Å²) in [5, 5.41) is 13.1. The number of urea groups is 1. The minimum Gasteiger partial charge on any atom is -0.437 e. The lowest BCUT2D eigenvalue weighted by molar-refractivity contribution is 0.198. The number of nitrogens with zero attached hydrogens (tertiary/aromatic N) is 8. The second-order valence-corrected chi connectivity index (χ2v) is 11.4. The molecule has 1 unspecified atom stereocenters. The van der Waals surface area contributed by atoms with Gasteiger partial charge in [0.15, 0.2) is 0 Å². The molecule has 45 heavy (non-hydrogen) atoms. The molecular formula is C32H31FN10O2. The summed E-state index contributed by atoms with van der Waals surface area (Å²) in [5.41, 5.74) is 4.52. The number of ether oxygens (including phenoxy) is 1. The molecule has 228 valence electrons. The van der Waals surface area contributed by atoms with Gasteiger partial charge in [0.2, 0.25) is 5.88 Å². The number of hydrogen-bond acceptors (Lipinski definition) is 9. The lowest BCUT2D eigenvalue weighted by atomic mass is 9.92. The Morgan fingerprint density at radius 3 is 2.76 bits per heavy atom. The number of fused-ring (bicyclic) bond motifs is 3. The molecule has 0 aliphatic carbocycles. The van der Waals surface area contributed by atoms with Crippen molar-refractivity contribution in [2.75, 3.05) is 50.0 Å². The molecule has 12 nitrogen and oxygen atoms in total. The van der Waals surface area contributed by atoms with Crippen molar-refractivity contribution >= 4 is 39.3 Å². The number of piperazine rings is 1. The van der Waals surface area contributed by atoms with Crippen molar-refractivity contribution in [1.29, 1.82) is 5.26 Å². The van der Waals surface area contributed by atoms with E-state index < -0.39 is 0 Å². The van der Waals surface area contributed by atoms with Gasteiger partial charge in [0.25, 0.3) is 0 Å². The molecule has 4 aromatic heterocycles. The number of anilines is 2. The van der Waals surface area contributed by atoms with Crippen molar-refractivity contribution in [2.24, 2.45) is 0 Å². The smallest absolute Gasteiger partial charge is 0.322 e. The summed E-state index contributed by atoms with van der Waals surface area (Å²) < 4.78 is 21.1. The monoisotopic (exact) mass is 606 g/mol. The third kappa shape index (κ3) is 5.44. The van der Waals surface area contributed by atoms with Crippen molar-refractivity contribution in [3.63, 3.8) is 0 Å².